The summed E-state index contributed by atoms with van der Waals surface area (Å²) in [5, 5.41) is 70.6. The van der Waals surface area contributed by atoms with Gasteiger partial charge in [0, 0.05) is 141 Å². The number of carboxylic acid groups (broad SMARTS) is 2. The van der Waals surface area contributed by atoms with E-state index in [1.165, 1.54) is 114 Å². The number of halogens is 1. The molecule has 0 saturated carbocycles. The second kappa shape index (κ2) is 51.8. The normalized spacial score (nSPS) is 16.4. The number of rotatable bonds is 31. The van der Waals surface area contributed by atoms with Crippen LogP contribution in [-0.4, -0.2) is 182 Å². The van der Waals surface area contributed by atoms with E-state index in [1.807, 2.05) is 0 Å². The molecule has 15 rings (SSSR count). The number of nitrogens with zero attached hydrogens (tertiary/aromatic N) is 11. The number of fused-ring (bicyclic) bond motifs is 5. The molecule has 5 aromatic carbocycles. The average molecular weight is 2280 g/mol. The first kappa shape index (κ1) is 116. The Hall–Kier alpha value is -11.7. The molecular formula is C86H113ClIrN20O27S6. The predicted molar refractivity (Wildman–Crippen MR) is 508 cm³/mol. The number of anilines is 3. The number of carbonyl (C=O) groups excluding carboxylic acids is 4. The van der Waals surface area contributed by atoms with E-state index in [1.54, 1.807) is 77.7 Å². The van der Waals surface area contributed by atoms with Crippen LogP contribution in [0.5, 0.6) is 0 Å². The molecule has 141 heavy (non-hydrogen) atoms. The number of carboxylic acids is 2. The molecule has 5 aliphatic carbocycles. The zero-order valence-corrected chi connectivity index (χ0v) is 83.5. The number of carbonyl (C=O) groups is 6. The van der Waals surface area contributed by atoms with Crippen molar-refractivity contribution in [2.24, 2.45) is 5.73 Å². The molecule has 0 fully saturated rings. The average Bonchev–Trinajstić information content (AvgIpc) is 1.69. The Balaban J connectivity index is 0.000000233. The van der Waals surface area contributed by atoms with Gasteiger partial charge in [0.1, 0.15) is 32.7 Å². The van der Waals surface area contributed by atoms with E-state index in [2.05, 4.69) is 54.4 Å². The number of ether oxygens (including phenoxy) is 3. The molecule has 1 amide bonds. The van der Waals surface area contributed by atoms with Gasteiger partial charge in [0.2, 0.25) is 56.0 Å². The van der Waals surface area contributed by atoms with Crippen LogP contribution >= 0.6 is 10.7 Å². The van der Waals surface area contributed by atoms with E-state index < -0.39 is 105 Å². The molecule has 0 bridgehead atoms. The van der Waals surface area contributed by atoms with Crippen LogP contribution in [0.2, 0.25) is 0 Å². The summed E-state index contributed by atoms with van der Waals surface area (Å²) in [6.45, 7) is 7.26. The number of benzene rings is 5. The van der Waals surface area contributed by atoms with Crippen LogP contribution in [0.25, 0.3) is 0 Å². The Morgan fingerprint density at radius 3 is 1.12 bits per heavy atom. The summed E-state index contributed by atoms with van der Waals surface area (Å²) in [6.07, 6.45) is 20.0. The molecule has 6 unspecified atom stereocenters. The number of hydrogen-bond donors (Lipinski definition) is 12. The Morgan fingerprint density at radius 1 is 0.468 bits per heavy atom. The number of sulfonamides is 5. The summed E-state index contributed by atoms with van der Waals surface area (Å²) in [7, 11) is -17.8. The number of nitrogen functional groups attached to an aromatic ring is 1. The molecule has 0 spiro atoms. The maximum Gasteiger partial charge on any atom is 0.327 e. The van der Waals surface area contributed by atoms with E-state index >= 15 is 0 Å². The molecule has 5 aliphatic rings. The molecule has 5 aromatic heterocycles. The quantitative estimate of drug-likeness (QED) is 0.00512. The topological polar surface area (TPSA) is 680 Å². The van der Waals surface area contributed by atoms with E-state index in [4.69, 9.17) is 51.8 Å². The van der Waals surface area contributed by atoms with Gasteiger partial charge in [-0.1, -0.05) is 45.2 Å². The summed E-state index contributed by atoms with van der Waals surface area (Å²) < 4.78 is 182. The smallest absolute Gasteiger partial charge is 0.327 e. The maximum atomic E-state index is 12.8. The minimum Gasteiger partial charge on any atom is -0.595 e. The van der Waals surface area contributed by atoms with Gasteiger partial charge in [-0.3, -0.25) is 67.0 Å². The minimum atomic E-state index is -3.93. The van der Waals surface area contributed by atoms with Crippen LogP contribution in [-0.2, 0) is 187 Å². The van der Waals surface area contributed by atoms with Crippen molar-refractivity contribution < 1.29 is 139 Å². The number of nitrogens with two attached hydrogens (primary N) is 2. The van der Waals surface area contributed by atoms with Gasteiger partial charge in [-0.15, -0.1) is 0 Å². The first-order valence-corrected chi connectivity index (χ1v) is 53.1. The van der Waals surface area contributed by atoms with Crippen LogP contribution in [0.3, 0.4) is 0 Å². The molecule has 5 heterocycles. The van der Waals surface area contributed by atoms with Crippen molar-refractivity contribution in [3.05, 3.63) is 224 Å². The number of quaternary nitrogens is 1. The monoisotopic (exact) mass is 2280 g/mol. The van der Waals surface area contributed by atoms with Gasteiger partial charge < -0.3 is 46.4 Å². The number of nitrogens with one attached hydrogen (secondary N) is 7. The first-order valence-electron chi connectivity index (χ1n) is 43.0. The van der Waals surface area contributed by atoms with E-state index in [0.29, 0.717) is 98.3 Å². The van der Waals surface area contributed by atoms with Gasteiger partial charge in [0.25, 0.3) is 14.7 Å². The fraction of sp³-hybridized carbons (Fsp3) is 0.407. The van der Waals surface area contributed by atoms with Crippen LogP contribution in [0.15, 0.2) is 177 Å². The fourth-order valence-corrected chi connectivity index (χ4v) is 22.2. The zero-order valence-electron chi connectivity index (χ0n) is 75.5. The van der Waals surface area contributed by atoms with E-state index in [-0.39, 0.29) is 146 Å². The molecule has 47 nitrogen and oxygen atoms in total. The molecule has 0 aliphatic heterocycles. The summed E-state index contributed by atoms with van der Waals surface area (Å²) >= 11 is 0. The number of non-ortho nitro benzene ring substituents is 1. The molecule has 1 radical (unpaired) electrons. The Labute approximate surface area is 832 Å². The summed E-state index contributed by atoms with van der Waals surface area (Å²) in [5.74, 6) is -3.32. The summed E-state index contributed by atoms with van der Waals surface area (Å²) in [6, 6.07) is 25.6. The van der Waals surface area contributed by atoms with Crippen LogP contribution in [0, 0.1) is 15.3 Å². The van der Waals surface area contributed by atoms with Crippen molar-refractivity contribution in [3.8, 4) is 0 Å². The fourth-order valence-electron chi connectivity index (χ4n) is 15.7. The van der Waals surface area contributed by atoms with Crippen molar-refractivity contribution in [1.29, 1.82) is 0 Å². The number of hydrogen-bond acceptors (Lipinski definition) is 32. The van der Waals surface area contributed by atoms with Crippen LogP contribution in [0.4, 0.5) is 28.4 Å². The Bertz CT molecular complexity index is 6820. The third kappa shape index (κ3) is 32.9. The maximum absolute atomic E-state index is 12.8. The van der Waals surface area contributed by atoms with Crippen molar-refractivity contribution in [2.75, 3.05) is 41.8 Å². The number of amides is 1. The van der Waals surface area contributed by atoms with Crippen LogP contribution in [0.1, 0.15) is 193 Å². The van der Waals surface area contributed by atoms with Gasteiger partial charge >= 0.3 is 29.8 Å². The molecular weight excluding hydrogens is 2170 g/mol. The van der Waals surface area contributed by atoms with Gasteiger partial charge in [-0.05, 0) is 184 Å². The van der Waals surface area contributed by atoms with Crippen molar-refractivity contribution in [1.82, 2.24) is 67.8 Å². The second-order valence-electron chi connectivity index (χ2n) is 31.7. The Kier molecular flexibility index (Phi) is 42.7. The SMILES string of the molecule is C.C.CC(=O)Nc1cccc(S(=O)(=O)NC2CCCc3c2cnn3CC(=O)O)c1.CCOC(=O)Cn1ncc2c1CCCC2N.CCOC(=O)Cn1ncc2c1CCCC2NS(=O)(=O)c1cccc(N)c1.CCOC(=O)Cn1ncc2c1CCCC2NS(=O)(=O)c1cccc([NH+]([O-])O)c1.CS(=O)(=O)Nc1cccc(S(=O)(=O)NC2CCCc3c2cnn3CC(=O)O)c1.O=[N+]([O-])c1cccc(S(=O)(=O)Cl)c1.[Ir]. The third-order valence-electron chi connectivity index (χ3n) is 21.7. The molecule has 14 N–H and O–H groups in total. The summed E-state index contributed by atoms with van der Waals surface area (Å²) in [5.41, 5.74) is 20.3. The zero-order chi connectivity index (χ0) is 101. The molecule has 0 saturated heterocycles. The van der Waals surface area contributed by atoms with Crippen molar-refractivity contribution in [2.45, 2.75) is 226 Å². The van der Waals surface area contributed by atoms with Crippen molar-refractivity contribution in [3.63, 3.8) is 0 Å². The Morgan fingerprint density at radius 2 is 0.780 bits per heavy atom. The standard InChI is InChI=1S/C17H22N4O6S.C17H20N4O5S.C17H22N4O4S.C16H20N4O6S2.C11H17N3O2.C6H4ClNO4S.2CH4.Ir/c1-2-27-17(22)11-20-16-8-4-7-15(14(16)10-18-20)19-28(25,26)13-6-3-5-12(9-13)21(23)24;1-11(22)19-12-4-2-5-13(8-12)27(25,26)20-15-6-3-7-16-14(15)9-18-21(16)10-17(23)24;1-2-25-17(22)11-21-16-8-4-7-15(14(16)10-19-21)20-26(23,24)13-6-3-5-12(18)9-13;1-27(23,24)18-11-4-2-5-12(8-11)28(25,26)19-14-6-3-7-15-13(14)9-17-20(15)10-16(21)22;1-2-16-11(15)7-14-10-5-3-4-9(12)8(10)6-13-14;7-13(11,12)6-3-1-2-5(4-6)8(9)10;;;/h3,5-6,9-10,15,19,21,23H,2,4,7-8,11H2,1H3;2,4-5,8-9,15,20H,3,6-7,10H2,1H3,(H,19,22)(H,23,24);3,5-6,9-10,15,20H,2,4,7-8,11,18H2,1H3;2,4-5,8-9,14,18-19H,3,6-7,10H2,1H3,(H,21,22);6,9H,2-5,7,12H2,1H3;1-4H;2*1H4;. The van der Waals surface area contributed by atoms with Crippen molar-refractivity contribution >= 4 is 134 Å². The van der Waals surface area contributed by atoms with Gasteiger partial charge in [-0.25, -0.2) is 74.6 Å². The number of nitro benzene ring substituents is 1. The molecule has 55 heteroatoms. The van der Waals surface area contributed by atoms with Gasteiger partial charge in [-0.2, -0.15) is 30.7 Å². The largest absolute Gasteiger partial charge is 0.595 e. The number of esters is 3. The number of aromatic nitrogens is 10. The third-order valence-corrected chi connectivity index (χ3v) is 29.5. The number of nitro groups is 1. The second-order valence-corrected chi connectivity index (χ2v) is 42.9. The predicted octanol–water partition coefficient (Wildman–Crippen LogP) is 7.14. The number of aliphatic carboxylic acids is 2. The van der Waals surface area contributed by atoms with Crippen LogP contribution < -0.4 is 45.6 Å². The summed E-state index contributed by atoms with van der Waals surface area (Å²) in [4.78, 5) is 77.2. The molecule has 10 aromatic rings. The van der Waals surface area contributed by atoms with Gasteiger partial charge in [0.05, 0.1) is 111 Å². The minimum absolute atomic E-state index is 0. The van der Waals surface area contributed by atoms with E-state index in [9.17, 15) is 94.6 Å². The van der Waals surface area contributed by atoms with E-state index in [0.717, 1.165) is 97.2 Å². The molecule has 771 valence electrons. The van der Waals surface area contributed by atoms with Gasteiger partial charge in [0.15, 0.2) is 5.69 Å². The first-order chi connectivity index (χ1) is 65.2. The molecule has 6 atom stereocenters.